The zero-order valence-electron chi connectivity index (χ0n) is 9.68. The third-order valence-electron chi connectivity index (χ3n) is 3.93. The summed E-state index contributed by atoms with van der Waals surface area (Å²) < 4.78 is 10.7. The smallest absolute Gasteiger partial charge is 0.337 e. The quantitative estimate of drug-likeness (QED) is 0.627. The van der Waals surface area contributed by atoms with Crippen molar-refractivity contribution in [3.8, 4) is 6.07 Å². The molecule has 5 nitrogen and oxygen atoms in total. The van der Waals surface area contributed by atoms with Crippen LogP contribution in [0.2, 0.25) is 0 Å². The maximum absolute atomic E-state index is 11.7. The lowest BCUT2D eigenvalue weighted by Gasteiger charge is -2.37. The van der Waals surface area contributed by atoms with E-state index in [-0.39, 0.29) is 11.6 Å². The number of carbonyl (C=O) groups excluding carboxylic acids is 1. The molecule has 0 saturated carbocycles. The molecule has 3 rings (SSSR count). The van der Waals surface area contributed by atoms with Crippen molar-refractivity contribution in [2.45, 2.75) is 31.1 Å². The molecular weight excluding hydrogens is 220 g/mol. The standard InChI is InChI=1S/C12H14N2O3/c1-16-11(15)9-7-14-4-2-3-12(14)5-8(6-13)10(9)17-12/h7-8,10H,2-5H2,1H3/t8-,10-,12+/m1/s1. The van der Waals surface area contributed by atoms with Crippen molar-refractivity contribution in [2.75, 3.05) is 13.7 Å². The van der Waals surface area contributed by atoms with Gasteiger partial charge >= 0.3 is 5.97 Å². The Bertz CT molecular complexity index is 440. The third kappa shape index (κ3) is 1.31. The van der Waals surface area contributed by atoms with Gasteiger partial charge in [-0.1, -0.05) is 0 Å². The van der Waals surface area contributed by atoms with Crippen molar-refractivity contribution in [2.24, 2.45) is 5.92 Å². The third-order valence-corrected chi connectivity index (χ3v) is 3.93. The highest BCUT2D eigenvalue weighted by atomic mass is 16.6. The van der Waals surface area contributed by atoms with Crippen molar-refractivity contribution in [3.05, 3.63) is 11.8 Å². The molecule has 0 unspecified atom stereocenters. The number of ether oxygens (including phenoxy) is 2. The van der Waals surface area contributed by atoms with Gasteiger partial charge in [0, 0.05) is 19.2 Å². The molecule has 3 aliphatic heterocycles. The number of esters is 1. The summed E-state index contributed by atoms with van der Waals surface area (Å²) >= 11 is 0. The normalized spacial score (nSPS) is 38.4. The van der Waals surface area contributed by atoms with E-state index in [4.69, 9.17) is 9.47 Å². The van der Waals surface area contributed by atoms with Gasteiger partial charge in [-0.15, -0.1) is 0 Å². The molecular formula is C12H14N2O3. The van der Waals surface area contributed by atoms with Gasteiger partial charge in [-0.05, 0) is 12.8 Å². The number of carbonyl (C=O) groups is 1. The van der Waals surface area contributed by atoms with Gasteiger partial charge in [0.15, 0.2) is 0 Å². The van der Waals surface area contributed by atoms with E-state index in [9.17, 15) is 10.1 Å². The molecule has 1 spiro atoms. The summed E-state index contributed by atoms with van der Waals surface area (Å²) in [5.74, 6) is -0.638. The molecule has 3 atom stereocenters. The lowest BCUT2D eigenvalue weighted by molar-refractivity contribution is -0.145. The van der Waals surface area contributed by atoms with Gasteiger partial charge in [-0.2, -0.15) is 5.26 Å². The van der Waals surface area contributed by atoms with Crippen LogP contribution in [0.3, 0.4) is 0 Å². The average Bonchev–Trinajstić information content (AvgIpc) is 2.90. The molecule has 2 saturated heterocycles. The summed E-state index contributed by atoms with van der Waals surface area (Å²) in [4.78, 5) is 13.8. The van der Waals surface area contributed by atoms with Crippen molar-refractivity contribution in [3.63, 3.8) is 0 Å². The molecule has 2 bridgehead atoms. The summed E-state index contributed by atoms with van der Waals surface area (Å²) in [5, 5.41) is 9.17. The van der Waals surface area contributed by atoms with Crippen LogP contribution in [-0.4, -0.2) is 36.4 Å². The molecule has 0 amide bonds. The van der Waals surface area contributed by atoms with E-state index in [1.165, 1.54) is 7.11 Å². The molecule has 90 valence electrons. The summed E-state index contributed by atoms with van der Waals surface area (Å²) in [6.45, 7) is 0.880. The number of methoxy groups -OCH3 is 1. The molecule has 0 aliphatic carbocycles. The van der Waals surface area contributed by atoms with Crippen LogP contribution in [0.15, 0.2) is 11.8 Å². The van der Waals surface area contributed by atoms with E-state index in [1.54, 1.807) is 0 Å². The molecule has 0 aromatic rings. The first kappa shape index (κ1) is 10.6. The van der Waals surface area contributed by atoms with E-state index in [0.717, 1.165) is 19.4 Å². The topological polar surface area (TPSA) is 62.6 Å². The second kappa shape index (κ2) is 3.47. The zero-order valence-corrected chi connectivity index (χ0v) is 9.68. The van der Waals surface area contributed by atoms with Crippen LogP contribution < -0.4 is 0 Å². The molecule has 17 heavy (non-hydrogen) atoms. The SMILES string of the molecule is COC(=O)C1=CN2CCC[C@]23C[C@H](C#N)[C@H]1O3. The van der Waals surface area contributed by atoms with Crippen LogP contribution in [0.1, 0.15) is 19.3 Å². The fourth-order valence-electron chi connectivity index (χ4n) is 3.14. The van der Waals surface area contributed by atoms with E-state index in [1.807, 2.05) is 6.20 Å². The van der Waals surface area contributed by atoms with Crippen LogP contribution in [-0.2, 0) is 14.3 Å². The minimum atomic E-state index is -0.415. The minimum absolute atomic E-state index is 0.247. The first-order valence-corrected chi connectivity index (χ1v) is 5.84. The lowest BCUT2D eigenvalue weighted by atomic mass is 9.95. The number of fused-ring (bicyclic) bond motifs is 1. The van der Waals surface area contributed by atoms with E-state index >= 15 is 0 Å². The fourth-order valence-corrected chi connectivity index (χ4v) is 3.14. The van der Waals surface area contributed by atoms with Crippen LogP contribution in [0, 0.1) is 17.2 Å². The summed E-state index contributed by atoms with van der Waals surface area (Å²) in [5.41, 5.74) is 0.150. The Hall–Kier alpha value is -1.54. The average molecular weight is 234 g/mol. The number of rotatable bonds is 1. The molecule has 0 radical (unpaired) electrons. The highest BCUT2D eigenvalue weighted by Gasteiger charge is 2.56. The molecule has 0 aromatic heterocycles. The second-order valence-electron chi connectivity index (χ2n) is 4.80. The Morgan fingerprint density at radius 3 is 3.29 bits per heavy atom. The van der Waals surface area contributed by atoms with E-state index in [0.29, 0.717) is 12.0 Å². The van der Waals surface area contributed by atoms with Crippen LogP contribution in [0.4, 0.5) is 0 Å². The van der Waals surface area contributed by atoms with Crippen molar-refractivity contribution < 1.29 is 14.3 Å². The molecule has 5 heteroatoms. The number of hydrogen-bond donors (Lipinski definition) is 0. The van der Waals surface area contributed by atoms with Gasteiger partial charge in [0.1, 0.15) is 11.8 Å². The monoisotopic (exact) mass is 234 g/mol. The van der Waals surface area contributed by atoms with E-state index < -0.39 is 12.1 Å². The highest BCUT2D eigenvalue weighted by Crippen LogP contribution is 2.49. The van der Waals surface area contributed by atoms with Crippen molar-refractivity contribution in [1.82, 2.24) is 4.90 Å². The van der Waals surface area contributed by atoms with Crippen molar-refractivity contribution >= 4 is 5.97 Å². The predicted molar refractivity (Wildman–Crippen MR) is 57.4 cm³/mol. The highest BCUT2D eigenvalue weighted by molar-refractivity contribution is 5.90. The lowest BCUT2D eigenvalue weighted by Crippen LogP contribution is -2.44. The fraction of sp³-hybridized carbons (Fsp3) is 0.667. The molecule has 3 heterocycles. The van der Waals surface area contributed by atoms with Gasteiger partial charge in [0.25, 0.3) is 0 Å². The number of hydrogen-bond acceptors (Lipinski definition) is 5. The maximum atomic E-state index is 11.7. The predicted octanol–water partition coefficient (Wildman–Crippen LogP) is 0.778. The molecule has 0 N–H and O–H groups in total. The zero-order chi connectivity index (χ0) is 12.0. The van der Waals surface area contributed by atoms with Gasteiger partial charge < -0.3 is 14.4 Å². The Balaban J connectivity index is 2.02. The maximum Gasteiger partial charge on any atom is 0.337 e. The first-order chi connectivity index (χ1) is 8.20. The van der Waals surface area contributed by atoms with Gasteiger partial charge in [0.05, 0.1) is 24.7 Å². The van der Waals surface area contributed by atoms with Crippen LogP contribution in [0.5, 0.6) is 0 Å². The Labute approximate surface area is 99.6 Å². The first-order valence-electron chi connectivity index (χ1n) is 5.84. The van der Waals surface area contributed by atoms with Gasteiger partial charge in [-0.3, -0.25) is 0 Å². The summed E-state index contributed by atoms with van der Waals surface area (Å²) in [6, 6.07) is 2.25. The van der Waals surface area contributed by atoms with Crippen LogP contribution >= 0.6 is 0 Å². The Kier molecular flexibility index (Phi) is 2.17. The minimum Gasteiger partial charge on any atom is -0.466 e. The van der Waals surface area contributed by atoms with Crippen molar-refractivity contribution in [1.29, 1.82) is 5.26 Å². The number of nitrogens with zero attached hydrogens (tertiary/aromatic N) is 2. The molecule has 0 aromatic carbocycles. The largest absolute Gasteiger partial charge is 0.466 e. The molecule has 2 fully saturated rings. The van der Waals surface area contributed by atoms with Crippen LogP contribution in [0.25, 0.3) is 0 Å². The summed E-state index contributed by atoms with van der Waals surface area (Å²) in [6.07, 6.45) is 4.08. The molecule has 3 aliphatic rings. The van der Waals surface area contributed by atoms with Gasteiger partial charge in [-0.25, -0.2) is 4.79 Å². The van der Waals surface area contributed by atoms with E-state index in [2.05, 4.69) is 11.0 Å². The Morgan fingerprint density at radius 1 is 1.76 bits per heavy atom. The van der Waals surface area contributed by atoms with Gasteiger partial charge in [0.2, 0.25) is 0 Å². The summed E-state index contributed by atoms with van der Waals surface area (Å²) in [7, 11) is 1.35. The number of nitriles is 1. The Morgan fingerprint density at radius 2 is 2.59 bits per heavy atom. The second-order valence-corrected chi connectivity index (χ2v) is 4.80.